The summed E-state index contributed by atoms with van der Waals surface area (Å²) in [6, 6.07) is 8.11. The normalized spacial score (nSPS) is 11.8. The lowest BCUT2D eigenvalue weighted by Gasteiger charge is -2.17. The fraction of sp³-hybridized carbons (Fsp3) is 0.312. The summed E-state index contributed by atoms with van der Waals surface area (Å²) in [5.74, 6) is 0.0568. The van der Waals surface area contributed by atoms with Crippen LogP contribution >= 0.6 is 0 Å². The molecule has 1 heterocycles. The van der Waals surface area contributed by atoms with Crippen molar-refractivity contribution in [2.24, 2.45) is 0 Å². The van der Waals surface area contributed by atoms with Crippen molar-refractivity contribution >= 4 is 11.6 Å². The van der Waals surface area contributed by atoms with Gasteiger partial charge in [-0.25, -0.2) is 0 Å². The van der Waals surface area contributed by atoms with Crippen molar-refractivity contribution in [2.75, 3.05) is 12.4 Å². The van der Waals surface area contributed by atoms with Crippen molar-refractivity contribution in [1.29, 1.82) is 0 Å². The third-order valence-corrected chi connectivity index (χ3v) is 3.29. The highest BCUT2D eigenvalue weighted by Crippen LogP contribution is 2.18. The molecule has 110 valence electrons. The first-order chi connectivity index (χ1) is 10.1. The van der Waals surface area contributed by atoms with E-state index in [0.717, 1.165) is 16.9 Å². The molecule has 5 heteroatoms. The Morgan fingerprint density at radius 2 is 2.19 bits per heavy atom. The van der Waals surface area contributed by atoms with E-state index in [1.165, 1.54) is 0 Å². The van der Waals surface area contributed by atoms with E-state index in [-0.39, 0.29) is 11.9 Å². The van der Waals surface area contributed by atoms with Crippen molar-refractivity contribution in [3.63, 3.8) is 0 Å². The van der Waals surface area contributed by atoms with Gasteiger partial charge in [-0.2, -0.15) is 0 Å². The van der Waals surface area contributed by atoms with Gasteiger partial charge >= 0.3 is 0 Å². The van der Waals surface area contributed by atoms with Gasteiger partial charge in [0.25, 0.3) is 0 Å². The molecule has 0 aliphatic carbocycles. The van der Waals surface area contributed by atoms with Crippen molar-refractivity contribution in [3.05, 3.63) is 54.1 Å². The summed E-state index contributed by atoms with van der Waals surface area (Å²) in [5, 5.41) is 3.40. The van der Waals surface area contributed by atoms with E-state index < -0.39 is 0 Å². The van der Waals surface area contributed by atoms with Crippen LogP contribution in [-0.4, -0.2) is 27.8 Å². The Kier molecular flexibility index (Phi) is 4.87. The van der Waals surface area contributed by atoms with Crippen LogP contribution < -0.4 is 5.32 Å². The average Bonchev–Trinajstić information content (AvgIpc) is 2.48. The molecular formula is C16H20N4O. The minimum Gasteiger partial charge on any atom is -0.377 e. The first-order valence-corrected chi connectivity index (χ1v) is 6.89. The van der Waals surface area contributed by atoms with E-state index in [1.54, 1.807) is 37.5 Å². The third-order valence-electron chi connectivity index (χ3n) is 3.29. The lowest BCUT2D eigenvalue weighted by Crippen LogP contribution is -2.23. The van der Waals surface area contributed by atoms with Gasteiger partial charge in [0, 0.05) is 38.6 Å². The number of hydrogen-bond donors (Lipinski definition) is 1. The van der Waals surface area contributed by atoms with Crippen LogP contribution in [0.1, 0.15) is 31.1 Å². The van der Waals surface area contributed by atoms with Gasteiger partial charge in [-0.05, 0) is 24.6 Å². The number of nitrogens with one attached hydrogen (secondary N) is 1. The summed E-state index contributed by atoms with van der Waals surface area (Å²) in [5.41, 5.74) is 2.98. The topological polar surface area (TPSA) is 58.1 Å². The standard InChI is InChI=1S/C16H20N4O/c1-12(16-10-17-7-8-18-16)19-15-6-4-5-14(9-15)11-20(3)13(2)21/h4-10,12,19H,11H2,1-3H3. The Bertz CT molecular complexity index is 600. The predicted molar refractivity (Wildman–Crippen MR) is 82.7 cm³/mol. The van der Waals surface area contributed by atoms with Gasteiger partial charge in [-0.1, -0.05) is 12.1 Å². The molecule has 2 aromatic rings. The molecule has 0 aliphatic rings. The quantitative estimate of drug-likeness (QED) is 0.917. The zero-order valence-electron chi connectivity index (χ0n) is 12.6. The second-order valence-corrected chi connectivity index (χ2v) is 5.07. The van der Waals surface area contributed by atoms with Crippen LogP contribution in [0.25, 0.3) is 0 Å². The second-order valence-electron chi connectivity index (χ2n) is 5.07. The maximum Gasteiger partial charge on any atom is 0.219 e. The van der Waals surface area contributed by atoms with Gasteiger partial charge in [0.2, 0.25) is 5.91 Å². The first-order valence-electron chi connectivity index (χ1n) is 6.89. The highest BCUT2D eigenvalue weighted by Gasteiger charge is 2.08. The van der Waals surface area contributed by atoms with Crippen LogP contribution in [0, 0.1) is 0 Å². The fourth-order valence-corrected chi connectivity index (χ4v) is 2.00. The number of nitrogens with zero attached hydrogens (tertiary/aromatic N) is 3. The van der Waals surface area contributed by atoms with Crippen molar-refractivity contribution in [3.8, 4) is 0 Å². The van der Waals surface area contributed by atoms with Crippen molar-refractivity contribution < 1.29 is 4.79 Å². The molecule has 1 aromatic heterocycles. The number of rotatable bonds is 5. The van der Waals surface area contributed by atoms with Gasteiger partial charge in [0.1, 0.15) is 0 Å². The molecule has 0 fully saturated rings. The molecular weight excluding hydrogens is 264 g/mol. The van der Waals surface area contributed by atoms with Gasteiger partial charge in [-0.15, -0.1) is 0 Å². The average molecular weight is 284 g/mol. The molecule has 0 aliphatic heterocycles. The van der Waals surface area contributed by atoms with Crippen LogP contribution in [0.5, 0.6) is 0 Å². The summed E-state index contributed by atoms with van der Waals surface area (Å²) < 4.78 is 0. The molecule has 1 atom stereocenters. The maximum absolute atomic E-state index is 11.3. The molecule has 0 spiro atoms. The second kappa shape index (κ2) is 6.83. The number of carbonyl (C=O) groups is 1. The highest BCUT2D eigenvalue weighted by atomic mass is 16.2. The van der Waals surface area contributed by atoms with Gasteiger partial charge < -0.3 is 10.2 Å². The zero-order chi connectivity index (χ0) is 15.2. The molecule has 1 aromatic carbocycles. The molecule has 1 unspecified atom stereocenters. The SMILES string of the molecule is CC(=O)N(C)Cc1cccc(NC(C)c2cnccn2)c1. The molecule has 0 saturated heterocycles. The van der Waals surface area contributed by atoms with Gasteiger partial charge in [-0.3, -0.25) is 14.8 Å². The van der Waals surface area contributed by atoms with Crippen molar-refractivity contribution in [2.45, 2.75) is 26.4 Å². The van der Waals surface area contributed by atoms with E-state index in [0.29, 0.717) is 6.54 Å². The lowest BCUT2D eigenvalue weighted by molar-refractivity contribution is -0.128. The number of aromatic nitrogens is 2. The molecule has 1 N–H and O–H groups in total. The largest absolute Gasteiger partial charge is 0.377 e. The monoisotopic (exact) mass is 284 g/mol. The Morgan fingerprint density at radius 1 is 1.38 bits per heavy atom. The zero-order valence-corrected chi connectivity index (χ0v) is 12.6. The molecule has 21 heavy (non-hydrogen) atoms. The summed E-state index contributed by atoms with van der Waals surface area (Å²) in [6.07, 6.45) is 5.10. The minimum atomic E-state index is 0.0568. The lowest BCUT2D eigenvalue weighted by atomic mass is 10.1. The minimum absolute atomic E-state index is 0.0568. The predicted octanol–water partition coefficient (Wildman–Crippen LogP) is 2.63. The van der Waals surface area contributed by atoms with E-state index in [9.17, 15) is 4.79 Å². The maximum atomic E-state index is 11.3. The van der Waals surface area contributed by atoms with E-state index in [1.807, 2.05) is 31.2 Å². The van der Waals surface area contributed by atoms with Gasteiger partial charge in [0.15, 0.2) is 0 Å². The van der Waals surface area contributed by atoms with Crippen molar-refractivity contribution in [1.82, 2.24) is 14.9 Å². The van der Waals surface area contributed by atoms with Gasteiger partial charge in [0.05, 0.1) is 17.9 Å². The third kappa shape index (κ3) is 4.27. The molecule has 2 rings (SSSR count). The highest BCUT2D eigenvalue weighted by molar-refractivity contribution is 5.72. The molecule has 0 bridgehead atoms. The molecule has 0 saturated carbocycles. The number of benzene rings is 1. The Balaban J connectivity index is 2.06. The summed E-state index contributed by atoms with van der Waals surface area (Å²) in [6.45, 7) is 4.21. The number of carbonyl (C=O) groups excluding carboxylic acids is 1. The summed E-state index contributed by atoms with van der Waals surface area (Å²) in [4.78, 5) is 21.3. The van der Waals surface area contributed by atoms with Crippen LogP contribution in [-0.2, 0) is 11.3 Å². The van der Waals surface area contributed by atoms with Crippen LogP contribution in [0.3, 0.4) is 0 Å². The number of hydrogen-bond acceptors (Lipinski definition) is 4. The Hall–Kier alpha value is -2.43. The van der Waals surface area contributed by atoms with Crippen LogP contribution in [0.15, 0.2) is 42.9 Å². The van der Waals surface area contributed by atoms with E-state index in [4.69, 9.17) is 0 Å². The number of amides is 1. The summed E-state index contributed by atoms with van der Waals surface area (Å²) in [7, 11) is 1.80. The Labute approximate surface area is 125 Å². The molecule has 5 nitrogen and oxygen atoms in total. The fourth-order valence-electron chi connectivity index (χ4n) is 2.00. The smallest absolute Gasteiger partial charge is 0.219 e. The Morgan fingerprint density at radius 3 is 2.86 bits per heavy atom. The van der Waals surface area contributed by atoms with E-state index in [2.05, 4.69) is 15.3 Å². The van der Waals surface area contributed by atoms with Crippen LogP contribution in [0.4, 0.5) is 5.69 Å². The molecule has 0 radical (unpaired) electrons. The molecule has 1 amide bonds. The first kappa shape index (κ1) is 15.0. The summed E-state index contributed by atoms with van der Waals surface area (Å²) >= 11 is 0. The number of anilines is 1. The van der Waals surface area contributed by atoms with E-state index >= 15 is 0 Å². The van der Waals surface area contributed by atoms with Crippen LogP contribution in [0.2, 0.25) is 0 Å².